The number of carboxylic acids is 1. The first-order chi connectivity index (χ1) is 21.2. The summed E-state index contributed by atoms with van der Waals surface area (Å²) in [5.41, 5.74) is 2.64. The first kappa shape index (κ1) is 33.8. The Labute approximate surface area is 260 Å². The van der Waals surface area contributed by atoms with Crippen molar-refractivity contribution >= 4 is 33.3 Å². The molecule has 0 spiro atoms. The summed E-state index contributed by atoms with van der Waals surface area (Å²) >= 11 is 6.38. The highest BCUT2D eigenvalue weighted by Gasteiger charge is 2.38. The van der Waals surface area contributed by atoms with Gasteiger partial charge in [-0.1, -0.05) is 18.5 Å². The number of aliphatic carboxylic acids is 1. The molecule has 3 aromatic heterocycles. The number of nitrogens with one attached hydrogen (secondary N) is 1. The molecule has 0 amide bonds. The summed E-state index contributed by atoms with van der Waals surface area (Å²) in [7, 11) is -4.07. The number of nitrogens with two attached hydrogens (primary N) is 1. The molecule has 4 N–H and O–H groups in total. The van der Waals surface area contributed by atoms with Gasteiger partial charge in [-0.05, 0) is 42.8 Å². The largest absolute Gasteiger partial charge is 0.490 e. The minimum Gasteiger partial charge on any atom is -0.475 e. The minimum absolute atomic E-state index is 0.0792. The maximum atomic E-state index is 16.0. The van der Waals surface area contributed by atoms with Gasteiger partial charge in [-0.3, -0.25) is 4.98 Å². The number of pyridine rings is 2. The van der Waals surface area contributed by atoms with E-state index in [1.807, 2.05) is 12.1 Å². The normalized spacial score (nSPS) is 14.4. The van der Waals surface area contributed by atoms with Gasteiger partial charge in [0.2, 0.25) is 10.0 Å². The number of primary sulfonamides is 1. The van der Waals surface area contributed by atoms with Crippen molar-refractivity contribution < 1.29 is 35.9 Å². The molecule has 4 heterocycles. The second-order valence-corrected chi connectivity index (χ2v) is 12.0. The lowest BCUT2D eigenvalue weighted by Gasteiger charge is -2.29. The second-order valence-electron chi connectivity index (χ2n) is 9.83. The van der Waals surface area contributed by atoms with Crippen LogP contribution < -0.4 is 15.4 Å². The summed E-state index contributed by atoms with van der Waals surface area (Å²) in [6.45, 7) is 5.25. The predicted molar refractivity (Wildman–Crippen MR) is 160 cm³/mol. The highest BCUT2D eigenvalue weighted by Crippen LogP contribution is 2.39. The van der Waals surface area contributed by atoms with Gasteiger partial charge in [0.15, 0.2) is 5.82 Å². The van der Waals surface area contributed by atoms with Gasteiger partial charge >= 0.3 is 12.1 Å². The Kier molecular flexibility index (Phi) is 10.4. The Bertz CT molecular complexity index is 1750. The molecule has 1 unspecified atom stereocenters. The summed E-state index contributed by atoms with van der Waals surface area (Å²) in [5, 5.41) is 19.6. The number of aromatic nitrogens is 4. The van der Waals surface area contributed by atoms with Gasteiger partial charge in [-0.15, -0.1) is 0 Å². The van der Waals surface area contributed by atoms with E-state index in [2.05, 4.69) is 20.2 Å². The lowest BCUT2D eigenvalue weighted by molar-refractivity contribution is -0.192. The Morgan fingerprint density at radius 1 is 1.13 bits per heavy atom. The van der Waals surface area contributed by atoms with Crippen molar-refractivity contribution in [2.24, 2.45) is 5.14 Å². The molecule has 1 aliphatic rings. The number of nitrogens with zero attached hydrogens (tertiary/aromatic N) is 5. The molecule has 1 saturated heterocycles. The molecule has 1 fully saturated rings. The Morgan fingerprint density at radius 3 is 2.31 bits per heavy atom. The molecule has 0 bridgehead atoms. The Hall–Kier alpha value is -4.12. The maximum Gasteiger partial charge on any atom is 0.490 e. The molecule has 0 saturated carbocycles. The third-order valence-corrected chi connectivity index (χ3v) is 8.43. The maximum absolute atomic E-state index is 16.0. The van der Waals surface area contributed by atoms with Crippen LogP contribution in [0.2, 0.25) is 5.02 Å². The first-order valence-electron chi connectivity index (χ1n) is 13.4. The number of carbonyl (C=O) groups is 1. The number of hydrogen-bond acceptors (Lipinski definition) is 8. The van der Waals surface area contributed by atoms with E-state index >= 15 is 4.39 Å². The van der Waals surface area contributed by atoms with Gasteiger partial charge in [-0.2, -0.15) is 18.3 Å². The van der Waals surface area contributed by atoms with Gasteiger partial charge in [-0.25, -0.2) is 32.4 Å². The Morgan fingerprint density at radius 2 is 1.78 bits per heavy atom. The Balaban J connectivity index is 0.000000591. The average molecular weight is 670 g/mol. The van der Waals surface area contributed by atoms with Gasteiger partial charge in [0, 0.05) is 72.0 Å². The number of benzene rings is 1. The number of alkyl halides is 3. The fourth-order valence-corrected chi connectivity index (χ4v) is 5.92. The minimum atomic E-state index is -5.08. The van der Waals surface area contributed by atoms with Crippen LogP contribution in [0.3, 0.4) is 0 Å². The van der Waals surface area contributed by atoms with Gasteiger partial charge in [0.25, 0.3) is 0 Å². The van der Waals surface area contributed by atoms with Gasteiger partial charge < -0.3 is 15.3 Å². The predicted octanol–water partition coefficient (Wildman–Crippen LogP) is 4.57. The molecule has 5 rings (SSSR count). The number of anilines is 1. The smallest absolute Gasteiger partial charge is 0.475 e. The molecule has 11 nitrogen and oxygen atoms in total. The van der Waals surface area contributed by atoms with E-state index < -0.39 is 33.2 Å². The van der Waals surface area contributed by atoms with E-state index in [9.17, 15) is 21.6 Å². The van der Waals surface area contributed by atoms with Gasteiger partial charge in [0.1, 0.15) is 16.8 Å². The molecule has 240 valence electrons. The zero-order valence-corrected chi connectivity index (χ0v) is 25.2. The lowest BCUT2D eigenvalue weighted by atomic mass is 9.98. The molecule has 4 aromatic rings. The lowest BCUT2D eigenvalue weighted by Crippen LogP contribution is -2.43. The third-order valence-electron chi connectivity index (χ3n) is 6.83. The van der Waals surface area contributed by atoms with Crippen molar-refractivity contribution in [3.63, 3.8) is 0 Å². The molecule has 0 radical (unpaired) electrons. The van der Waals surface area contributed by atoms with Crippen LogP contribution in [0.4, 0.5) is 23.2 Å². The highest BCUT2D eigenvalue weighted by atomic mass is 35.5. The third kappa shape index (κ3) is 8.13. The van der Waals surface area contributed by atoms with Crippen molar-refractivity contribution in [2.45, 2.75) is 24.8 Å². The van der Waals surface area contributed by atoms with Gasteiger partial charge in [0.05, 0.1) is 11.9 Å². The van der Waals surface area contributed by atoms with Crippen LogP contribution in [0.25, 0.3) is 28.2 Å². The van der Waals surface area contributed by atoms with Crippen molar-refractivity contribution in [2.75, 3.05) is 31.1 Å². The van der Waals surface area contributed by atoms with Crippen molar-refractivity contribution in [3.8, 4) is 28.2 Å². The van der Waals surface area contributed by atoms with Crippen LogP contribution in [0, 0.1) is 5.82 Å². The fourth-order valence-electron chi connectivity index (χ4n) is 4.71. The SMILES string of the molecule is CCC(c1cc(Cl)cc(-c2cn(-c3ccc(N4CCNCC4)cn3)nc2-c2ccncc2)c1F)S(N)(=O)=O.O=C(O)C(F)(F)F. The zero-order chi connectivity index (χ0) is 32.9. The van der Waals surface area contributed by atoms with Crippen LogP contribution in [0.5, 0.6) is 0 Å². The van der Waals surface area contributed by atoms with Crippen molar-refractivity contribution in [3.05, 3.63) is 77.6 Å². The molecule has 1 atom stereocenters. The number of piperazine rings is 1. The fraction of sp³-hybridized carbons (Fsp3) is 0.286. The molecular weight excluding hydrogens is 642 g/mol. The number of sulfonamides is 1. The highest BCUT2D eigenvalue weighted by molar-refractivity contribution is 7.89. The monoisotopic (exact) mass is 669 g/mol. The number of hydrogen-bond donors (Lipinski definition) is 3. The van der Waals surface area contributed by atoms with E-state index in [1.54, 1.807) is 48.5 Å². The number of halogens is 5. The first-order valence-corrected chi connectivity index (χ1v) is 15.4. The quantitative estimate of drug-likeness (QED) is 0.240. The summed E-state index contributed by atoms with van der Waals surface area (Å²) in [6.07, 6.45) is 1.71. The van der Waals surface area contributed by atoms with E-state index in [1.165, 1.54) is 12.1 Å². The van der Waals surface area contributed by atoms with Crippen molar-refractivity contribution in [1.29, 1.82) is 0 Å². The molecule has 1 aliphatic heterocycles. The summed E-state index contributed by atoms with van der Waals surface area (Å²) in [4.78, 5) is 19.8. The molecule has 1 aromatic carbocycles. The van der Waals surface area contributed by atoms with Crippen LogP contribution in [0.15, 0.2) is 61.2 Å². The molecule has 0 aliphatic carbocycles. The summed E-state index contributed by atoms with van der Waals surface area (Å²) in [6, 6.07) is 10.1. The number of carboxylic acid groups (broad SMARTS) is 1. The van der Waals surface area contributed by atoms with Crippen LogP contribution >= 0.6 is 11.6 Å². The zero-order valence-electron chi connectivity index (χ0n) is 23.7. The van der Waals surface area contributed by atoms with Crippen LogP contribution in [-0.2, 0) is 14.8 Å². The van der Waals surface area contributed by atoms with E-state index in [0.29, 0.717) is 22.6 Å². The van der Waals surface area contributed by atoms with Crippen LogP contribution in [-0.4, -0.2) is 71.6 Å². The number of rotatable bonds is 7. The van der Waals surface area contributed by atoms with Crippen LogP contribution in [0.1, 0.15) is 24.2 Å². The molecule has 17 heteroatoms. The molecule has 45 heavy (non-hydrogen) atoms. The average Bonchev–Trinajstić information content (AvgIpc) is 3.44. The second kappa shape index (κ2) is 13.9. The van der Waals surface area contributed by atoms with E-state index in [4.69, 9.17) is 31.7 Å². The summed E-state index contributed by atoms with van der Waals surface area (Å²) < 4.78 is 73.8. The van der Waals surface area contributed by atoms with Crippen molar-refractivity contribution in [1.82, 2.24) is 25.1 Å². The van der Waals surface area contributed by atoms with E-state index in [0.717, 1.165) is 31.9 Å². The van der Waals surface area contributed by atoms with E-state index in [-0.39, 0.29) is 22.6 Å². The molecular formula is C28H28ClF4N7O4S. The summed E-state index contributed by atoms with van der Waals surface area (Å²) in [5.74, 6) is -2.93. The standard InChI is InChI=1S/C26H27ClFN7O2S.C2HF3O2/c1-2-23(38(29,36)37)21-14-18(27)13-20(25(21)28)22-16-35(33-26(22)17-5-7-30-8-6-17)24-4-3-19(15-32-24)34-11-9-31-10-12-34;3-2(4,5)1(6)7/h3-8,13-16,23,31H,2,9-12H2,1H3,(H2,29,36,37);(H,6,7). The topological polar surface area (TPSA) is 156 Å².